The average Bonchev–Trinajstić information content (AvgIpc) is 2.80. The number of imide groups is 1. The molecule has 1 aromatic heterocycles. The number of hydrogen-bond donors (Lipinski definition) is 3. The summed E-state index contributed by atoms with van der Waals surface area (Å²) < 4.78 is 0. The molecular weight excluding hydrogens is 238 g/mol. The highest BCUT2D eigenvalue weighted by molar-refractivity contribution is 7.09. The highest BCUT2D eigenvalue weighted by Crippen LogP contribution is 2.05. The van der Waals surface area contributed by atoms with Crippen LogP contribution in [-0.2, 0) is 11.3 Å². The summed E-state index contributed by atoms with van der Waals surface area (Å²) in [5.41, 5.74) is 0. The third-order valence-corrected chi connectivity index (χ3v) is 3.51. The molecule has 2 atom stereocenters. The van der Waals surface area contributed by atoms with Crippen molar-refractivity contribution in [2.45, 2.75) is 19.5 Å². The summed E-state index contributed by atoms with van der Waals surface area (Å²) in [5.74, 6) is -0.265. The first-order valence-corrected chi connectivity index (χ1v) is 6.29. The Bertz CT molecular complexity index is 378. The van der Waals surface area contributed by atoms with Gasteiger partial charge in [-0.25, -0.2) is 4.79 Å². The van der Waals surface area contributed by atoms with Crippen LogP contribution in [0.5, 0.6) is 0 Å². The van der Waals surface area contributed by atoms with E-state index in [4.69, 9.17) is 0 Å². The molecule has 3 N–H and O–H groups in total. The molecule has 1 heterocycles. The first-order valence-electron chi connectivity index (χ1n) is 5.42. The molecule has 0 fully saturated rings. The van der Waals surface area contributed by atoms with Gasteiger partial charge < -0.3 is 10.2 Å². The Labute approximate surface area is 105 Å². The number of urea groups is 1. The van der Waals surface area contributed by atoms with E-state index in [1.807, 2.05) is 24.6 Å². The molecule has 0 saturated heterocycles. The Balaban J connectivity index is 2.48. The molecule has 0 aliphatic carbocycles. The summed E-state index contributed by atoms with van der Waals surface area (Å²) in [6.45, 7) is 2.58. The third kappa shape index (κ3) is 4.16. The molecule has 3 amide bonds. The van der Waals surface area contributed by atoms with E-state index in [1.165, 1.54) is 11.9 Å². The van der Waals surface area contributed by atoms with Crippen LogP contribution in [0.2, 0.25) is 0 Å². The predicted octanol–water partition coefficient (Wildman–Crippen LogP) is -0.393. The topological polar surface area (TPSA) is 62.6 Å². The van der Waals surface area contributed by atoms with Crippen molar-refractivity contribution in [1.29, 1.82) is 0 Å². The molecule has 17 heavy (non-hydrogen) atoms. The largest absolute Gasteiger partial charge is 0.341 e. The van der Waals surface area contributed by atoms with E-state index in [0.29, 0.717) is 0 Å². The minimum Gasteiger partial charge on any atom is -0.341 e. The number of quaternary nitrogens is 1. The molecular formula is C11H18N3O2S+. The van der Waals surface area contributed by atoms with Gasteiger partial charge in [0.2, 0.25) is 0 Å². The predicted molar refractivity (Wildman–Crippen MR) is 67.0 cm³/mol. The maximum Gasteiger partial charge on any atom is 0.321 e. The highest BCUT2D eigenvalue weighted by Gasteiger charge is 2.23. The lowest BCUT2D eigenvalue weighted by Crippen LogP contribution is -3.12. The Morgan fingerprint density at radius 2 is 2.24 bits per heavy atom. The number of thiophene rings is 1. The molecule has 0 radical (unpaired) electrons. The molecule has 94 valence electrons. The summed E-state index contributed by atoms with van der Waals surface area (Å²) in [5, 5.41) is 6.65. The smallest absolute Gasteiger partial charge is 0.321 e. The monoisotopic (exact) mass is 256 g/mol. The van der Waals surface area contributed by atoms with E-state index < -0.39 is 6.03 Å². The fourth-order valence-electron chi connectivity index (χ4n) is 1.35. The number of nitrogens with one attached hydrogen (secondary N) is 3. The zero-order valence-corrected chi connectivity index (χ0v) is 11.1. The van der Waals surface area contributed by atoms with Crippen molar-refractivity contribution in [3.8, 4) is 0 Å². The van der Waals surface area contributed by atoms with E-state index in [1.54, 1.807) is 18.3 Å². The Morgan fingerprint density at radius 3 is 2.76 bits per heavy atom. The zero-order valence-electron chi connectivity index (χ0n) is 10.2. The van der Waals surface area contributed by atoms with Crippen LogP contribution in [0.3, 0.4) is 0 Å². The van der Waals surface area contributed by atoms with Crippen LogP contribution in [-0.4, -0.2) is 32.1 Å². The van der Waals surface area contributed by atoms with Crippen LogP contribution in [0.15, 0.2) is 17.5 Å². The van der Waals surface area contributed by atoms with E-state index in [2.05, 4.69) is 10.6 Å². The normalized spacial score (nSPS) is 13.8. The second kappa shape index (κ2) is 6.36. The van der Waals surface area contributed by atoms with Gasteiger partial charge in [-0.3, -0.25) is 10.1 Å². The molecule has 1 rings (SSSR count). The van der Waals surface area contributed by atoms with Gasteiger partial charge >= 0.3 is 6.03 Å². The Kier molecular flexibility index (Phi) is 5.11. The molecule has 0 spiro atoms. The van der Waals surface area contributed by atoms with Crippen molar-refractivity contribution >= 4 is 23.3 Å². The molecule has 6 heteroatoms. The van der Waals surface area contributed by atoms with Crippen LogP contribution in [0.1, 0.15) is 11.8 Å². The summed E-state index contributed by atoms with van der Waals surface area (Å²) in [7, 11) is 3.42. The quantitative estimate of drug-likeness (QED) is 0.687. The molecule has 1 unspecified atom stereocenters. The summed E-state index contributed by atoms with van der Waals surface area (Å²) >= 11 is 1.67. The number of amides is 3. The summed E-state index contributed by atoms with van der Waals surface area (Å²) in [6.07, 6.45) is 0. The van der Waals surface area contributed by atoms with Gasteiger partial charge in [0, 0.05) is 7.05 Å². The lowest BCUT2D eigenvalue weighted by molar-refractivity contribution is -0.907. The highest BCUT2D eigenvalue weighted by atomic mass is 32.1. The Hall–Kier alpha value is -1.40. The van der Waals surface area contributed by atoms with Crippen molar-refractivity contribution in [2.24, 2.45) is 0 Å². The van der Waals surface area contributed by atoms with Crippen molar-refractivity contribution in [3.63, 3.8) is 0 Å². The fourth-order valence-corrected chi connectivity index (χ4v) is 2.15. The molecule has 0 aliphatic rings. The van der Waals surface area contributed by atoms with E-state index in [0.717, 1.165) is 11.4 Å². The van der Waals surface area contributed by atoms with E-state index in [-0.39, 0.29) is 11.9 Å². The van der Waals surface area contributed by atoms with Gasteiger partial charge in [0.1, 0.15) is 6.54 Å². The van der Waals surface area contributed by atoms with Crippen molar-refractivity contribution in [1.82, 2.24) is 10.6 Å². The molecule has 5 nitrogen and oxygen atoms in total. The van der Waals surface area contributed by atoms with Crippen LogP contribution < -0.4 is 15.5 Å². The fraction of sp³-hybridized carbons (Fsp3) is 0.455. The first kappa shape index (κ1) is 13.7. The number of carbonyl (C=O) groups is 2. The second-order valence-corrected chi connectivity index (χ2v) is 4.92. The van der Waals surface area contributed by atoms with Gasteiger partial charge in [-0.1, -0.05) is 6.07 Å². The molecule has 0 aromatic carbocycles. The third-order valence-electron chi connectivity index (χ3n) is 2.63. The maximum atomic E-state index is 11.7. The molecule has 1 aromatic rings. The maximum absolute atomic E-state index is 11.7. The van der Waals surface area contributed by atoms with Crippen molar-refractivity contribution in [2.75, 3.05) is 14.1 Å². The summed E-state index contributed by atoms with van der Waals surface area (Å²) in [4.78, 5) is 25.0. The van der Waals surface area contributed by atoms with Gasteiger partial charge in [-0.05, 0) is 18.4 Å². The number of likely N-dealkylation sites (N-methyl/N-ethyl adjacent to an activating group) is 1. The molecule has 0 saturated carbocycles. The number of hydrogen-bond acceptors (Lipinski definition) is 3. The Morgan fingerprint density at radius 1 is 1.53 bits per heavy atom. The van der Waals surface area contributed by atoms with Crippen molar-refractivity contribution < 1.29 is 14.5 Å². The second-order valence-electron chi connectivity index (χ2n) is 3.89. The minimum absolute atomic E-state index is 0.265. The number of carbonyl (C=O) groups excluding carboxylic acids is 2. The van der Waals surface area contributed by atoms with Crippen LogP contribution in [0, 0.1) is 0 Å². The van der Waals surface area contributed by atoms with Crippen LogP contribution in [0.4, 0.5) is 4.79 Å². The van der Waals surface area contributed by atoms with E-state index >= 15 is 0 Å². The van der Waals surface area contributed by atoms with Gasteiger partial charge in [-0.15, -0.1) is 11.3 Å². The number of rotatable bonds is 4. The van der Waals surface area contributed by atoms with Gasteiger partial charge in [-0.2, -0.15) is 0 Å². The SMILES string of the molecule is CNC(=O)NC(=O)[C@H](C)[NH+](C)Cc1cccs1. The standard InChI is InChI=1S/C11H17N3O2S/c1-8(10(15)13-11(16)12-2)14(3)7-9-5-4-6-17-9/h4-6,8H,7H2,1-3H3,(H2,12,13,15,16)/p+1/t8-/m0/s1. The lowest BCUT2D eigenvalue weighted by Gasteiger charge is -2.19. The lowest BCUT2D eigenvalue weighted by atomic mass is 10.2. The summed E-state index contributed by atoms with van der Waals surface area (Å²) in [6, 6.07) is 3.29. The molecule has 0 aliphatic heterocycles. The van der Waals surface area contributed by atoms with Gasteiger partial charge in [0.15, 0.2) is 6.04 Å². The molecule has 0 bridgehead atoms. The van der Waals surface area contributed by atoms with E-state index in [9.17, 15) is 9.59 Å². The van der Waals surface area contributed by atoms with Gasteiger partial charge in [0.25, 0.3) is 5.91 Å². The van der Waals surface area contributed by atoms with Crippen molar-refractivity contribution in [3.05, 3.63) is 22.4 Å². The minimum atomic E-state index is -0.467. The average molecular weight is 256 g/mol. The van der Waals surface area contributed by atoms with Gasteiger partial charge in [0.05, 0.1) is 11.9 Å². The van der Waals surface area contributed by atoms with Crippen LogP contribution >= 0.6 is 11.3 Å². The van der Waals surface area contributed by atoms with Crippen LogP contribution in [0.25, 0.3) is 0 Å². The zero-order chi connectivity index (χ0) is 12.8. The first-order chi connectivity index (χ1) is 8.04.